The van der Waals surface area contributed by atoms with Crippen LogP contribution in [-0.4, -0.2) is 69.9 Å². The van der Waals surface area contributed by atoms with Crippen LogP contribution in [0.1, 0.15) is 37.8 Å². The molecule has 2 aromatic rings. The summed E-state index contributed by atoms with van der Waals surface area (Å²) in [5.41, 5.74) is 0.458. The van der Waals surface area contributed by atoms with Crippen molar-refractivity contribution in [2.24, 2.45) is 17.8 Å². The summed E-state index contributed by atoms with van der Waals surface area (Å²) in [6, 6.07) is 4.01. The number of nitrogens with one attached hydrogen (secondary N) is 3. The van der Waals surface area contributed by atoms with E-state index in [0.29, 0.717) is 54.2 Å². The normalized spacial score (nSPS) is 34.4. The minimum Gasteiger partial charge on any atom is -0.390 e. The van der Waals surface area contributed by atoms with Crippen molar-refractivity contribution in [3.05, 3.63) is 17.8 Å². The lowest BCUT2D eigenvalue weighted by molar-refractivity contribution is -0.129. The van der Waals surface area contributed by atoms with E-state index in [9.17, 15) is 13.5 Å². The zero-order valence-corrected chi connectivity index (χ0v) is 19.6. The van der Waals surface area contributed by atoms with Crippen molar-refractivity contribution in [3.8, 4) is 0 Å². The van der Waals surface area contributed by atoms with E-state index in [0.717, 1.165) is 37.8 Å². The smallest absolute Gasteiger partial charge is 0.226 e. The second-order valence-electron chi connectivity index (χ2n) is 10.5. The SMILES string of the molecule is Cc1cc(Nc2cc(N3CCS(=O)(=O)CC3)nc(NC3C4CC5CC3CC(O)(C5)C4)n2)n[nH]1. The fourth-order valence-electron chi connectivity index (χ4n) is 6.65. The summed E-state index contributed by atoms with van der Waals surface area (Å²) in [6.45, 7) is 2.78. The van der Waals surface area contributed by atoms with Gasteiger partial charge in [-0.2, -0.15) is 15.1 Å². The lowest BCUT2D eigenvalue weighted by Gasteiger charge is -2.58. The summed E-state index contributed by atoms with van der Waals surface area (Å²) in [5, 5.41) is 25.0. The Bertz CT molecular complexity index is 1140. The molecule has 4 bridgehead atoms. The second kappa shape index (κ2) is 7.56. The fraction of sp³-hybridized carbons (Fsp3) is 0.682. The van der Waals surface area contributed by atoms with Gasteiger partial charge in [0.15, 0.2) is 15.7 Å². The van der Waals surface area contributed by atoms with E-state index < -0.39 is 15.4 Å². The number of sulfone groups is 1. The van der Waals surface area contributed by atoms with Crippen LogP contribution in [0.5, 0.6) is 0 Å². The summed E-state index contributed by atoms with van der Waals surface area (Å²) in [5.74, 6) is 4.29. The van der Waals surface area contributed by atoms with Crippen LogP contribution in [0, 0.1) is 24.7 Å². The summed E-state index contributed by atoms with van der Waals surface area (Å²) in [4.78, 5) is 11.5. The largest absolute Gasteiger partial charge is 0.390 e. The van der Waals surface area contributed by atoms with E-state index in [2.05, 4.69) is 20.8 Å². The highest BCUT2D eigenvalue weighted by atomic mass is 32.2. The van der Waals surface area contributed by atoms with Gasteiger partial charge in [0.1, 0.15) is 11.6 Å². The Morgan fingerprint density at radius 2 is 1.82 bits per heavy atom. The average Bonchev–Trinajstić information content (AvgIpc) is 3.14. The molecular weight excluding hydrogens is 442 g/mol. The van der Waals surface area contributed by atoms with Crippen molar-refractivity contribution in [2.45, 2.75) is 50.7 Å². The van der Waals surface area contributed by atoms with Gasteiger partial charge in [-0.25, -0.2) is 8.42 Å². The van der Waals surface area contributed by atoms with Crippen LogP contribution in [0.15, 0.2) is 12.1 Å². The van der Waals surface area contributed by atoms with E-state index in [1.54, 1.807) is 0 Å². The Morgan fingerprint density at radius 3 is 2.45 bits per heavy atom. The van der Waals surface area contributed by atoms with Gasteiger partial charge >= 0.3 is 0 Å². The van der Waals surface area contributed by atoms with Gasteiger partial charge in [0.2, 0.25) is 5.95 Å². The summed E-state index contributed by atoms with van der Waals surface area (Å²) >= 11 is 0. The van der Waals surface area contributed by atoms with Crippen molar-refractivity contribution in [2.75, 3.05) is 40.1 Å². The molecular formula is C22H31N7O3S. The summed E-state index contributed by atoms with van der Waals surface area (Å²) in [6.07, 6.45) is 4.95. The van der Waals surface area contributed by atoms with Gasteiger partial charge in [0.05, 0.1) is 17.1 Å². The number of hydrogen-bond acceptors (Lipinski definition) is 9. The third-order valence-corrected chi connectivity index (χ3v) is 9.49. The van der Waals surface area contributed by atoms with Gasteiger partial charge in [0.25, 0.3) is 0 Å². The molecule has 3 heterocycles. The monoisotopic (exact) mass is 473 g/mol. The number of aliphatic hydroxyl groups is 1. The zero-order chi connectivity index (χ0) is 22.8. The molecule has 33 heavy (non-hydrogen) atoms. The lowest BCUT2D eigenvalue weighted by atomic mass is 9.52. The molecule has 2 atom stereocenters. The minimum atomic E-state index is -2.98. The van der Waals surface area contributed by atoms with Crippen molar-refractivity contribution in [1.82, 2.24) is 20.2 Å². The van der Waals surface area contributed by atoms with Crippen LogP contribution in [0.3, 0.4) is 0 Å². The number of rotatable bonds is 5. The van der Waals surface area contributed by atoms with Crippen molar-refractivity contribution in [3.63, 3.8) is 0 Å². The van der Waals surface area contributed by atoms with E-state index in [-0.39, 0.29) is 17.5 Å². The molecule has 0 spiro atoms. The van der Waals surface area contributed by atoms with Crippen LogP contribution in [0.2, 0.25) is 0 Å². The third kappa shape index (κ3) is 4.16. The Kier molecular flexibility index (Phi) is 4.84. The highest BCUT2D eigenvalue weighted by Crippen LogP contribution is 2.56. The number of aromatic nitrogens is 4. The second-order valence-corrected chi connectivity index (χ2v) is 12.8. The highest BCUT2D eigenvalue weighted by Gasteiger charge is 2.54. The molecule has 2 unspecified atom stereocenters. The predicted octanol–water partition coefficient (Wildman–Crippen LogP) is 1.84. The molecule has 1 saturated heterocycles. The maximum Gasteiger partial charge on any atom is 0.226 e. The molecule has 11 heteroatoms. The van der Waals surface area contributed by atoms with Gasteiger partial charge in [-0.05, 0) is 56.8 Å². The Morgan fingerprint density at radius 1 is 1.09 bits per heavy atom. The predicted molar refractivity (Wildman–Crippen MR) is 125 cm³/mol. The number of H-pyrrole nitrogens is 1. The topological polar surface area (TPSA) is 136 Å². The first kappa shape index (κ1) is 21.2. The molecule has 0 radical (unpaired) electrons. The Balaban J connectivity index is 1.28. The maximum absolute atomic E-state index is 11.9. The van der Waals surface area contributed by atoms with Crippen molar-refractivity contribution >= 4 is 33.2 Å². The molecule has 5 aliphatic rings. The molecule has 7 rings (SSSR count). The van der Waals surface area contributed by atoms with Gasteiger partial charge in [-0.3, -0.25) is 5.10 Å². The van der Waals surface area contributed by atoms with Gasteiger partial charge in [-0.1, -0.05) is 0 Å². The minimum absolute atomic E-state index is 0.133. The van der Waals surface area contributed by atoms with Crippen LogP contribution < -0.4 is 15.5 Å². The molecule has 2 aromatic heterocycles. The standard InChI is InChI=1S/C22H31N7O3S/c1-13-6-18(28-27-13)23-17-9-19(29-2-4-33(31,32)5-3-29)25-21(24-17)26-20-15-7-14-8-16(20)12-22(30,10-14)11-15/h6,9,14-16,20,30H,2-5,7-8,10-12H2,1H3,(H3,23,24,25,26,27,28). The number of aromatic amines is 1. The molecule has 4 N–H and O–H groups in total. The number of anilines is 4. The Labute approximate surface area is 193 Å². The van der Waals surface area contributed by atoms with E-state index in [1.165, 1.54) is 0 Å². The van der Waals surface area contributed by atoms with Crippen molar-refractivity contribution < 1.29 is 13.5 Å². The molecule has 4 saturated carbocycles. The van der Waals surface area contributed by atoms with Crippen LogP contribution in [0.4, 0.5) is 23.4 Å². The first-order chi connectivity index (χ1) is 15.7. The molecule has 5 fully saturated rings. The first-order valence-corrected chi connectivity index (χ1v) is 13.7. The van der Waals surface area contributed by atoms with Crippen LogP contribution in [-0.2, 0) is 9.84 Å². The zero-order valence-electron chi connectivity index (χ0n) is 18.8. The maximum atomic E-state index is 11.9. The van der Waals surface area contributed by atoms with Gasteiger partial charge < -0.3 is 20.6 Å². The Hall–Kier alpha value is -2.40. The van der Waals surface area contributed by atoms with Crippen LogP contribution in [0.25, 0.3) is 0 Å². The quantitative estimate of drug-likeness (QED) is 0.513. The number of hydrogen-bond donors (Lipinski definition) is 4. The molecule has 178 valence electrons. The summed E-state index contributed by atoms with van der Waals surface area (Å²) < 4.78 is 23.8. The molecule has 0 aromatic carbocycles. The van der Waals surface area contributed by atoms with Crippen LogP contribution >= 0.6 is 0 Å². The number of nitrogens with zero attached hydrogens (tertiary/aromatic N) is 4. The highest BCUT2D eigenvalue weighted by molar-refractivity contribution is 7.91. The van der Waals surface area contributed by atoms with Gasteiger partial charge in [-0.15, -0.1) is 0 Å². The van der Waals surface area contributed by atoms with E-state index in [4.69, 9.17) is 9.97 Å². The van der Waals surface area contributed by atoms with Gasteiger partial charge in [0, 0.05) is 37.0 Å². The molecule has 0 amide bonds. The first-order valence-electron chi connectivity index (χ1n) is 11.9. The molecule has 10 nitrogen and oxygen atoms in total. The number of aryl methyl sites for hydroxylation is 1. The van der Waals surface area contributed by atoms with E-state index in [1.807, 2.05) is 24.0 Å². The van der Waals surface area contributed by atoms with Crippen molar-refractivity contribution in [1.29, 1.82) is 0 Å². The lowest BCUT2D eigenvalue weighted by Crippen LogP contribution is -2.59. The fourth-order valence-corrected chi connectivity index (χ4v) is 7.85. The van der Waals surface area contributed by atoms with E-state index >= 15 is 0 Å². The molecule has 4 aliphatic carbocycles. The third-order valence-electron chi connectivity index (χ3n) is 7.88. The molecule has 1 aliphatic heterocycles. The average molecular weight is 474 g/mol. The summed E-state index contributed by atoms with van der Waals surface area (Å²) in [7, 11) is -2.98.